The number of fused-ring (bicyclic) bond motifs is 1. The molecule has 3 nitrogen and oxygen atoms in total. The van der Waals surface area contributed by atoms with Gasteiger partial charge in [0.05, 0.1) is 0 Å². The topological polar surface area (TPSA) is 56.2 Å². The van der Waals surface area contributed by atoms with Crippen LogP contribution in [0.3, 0.4) is 0 Å². The lowest BCUT2D eigenvalue weighted by atomic mass is 10.1. The van der Waals surface area contributed by atoms with Crippen LogP contribution < -0.4 is 5.73 Å². The van der Waals surface area contributed by atoms with Crippen LogP contribution in [0.25, 0.3) is 11.0 Å². The summed E-state index contributed by atoms with van der Waals surface area (Å²) >= 11 is 3.31. The van der Waals surface area contributed by atoms with E-state index in [1.807, 2.05) is 0 Å². The second kappa shape index (κ2) is 4.76. The van der Waals surface area contributed by atoms with Crippen molar-refractivity contribution >= 4 is 38.4 Å². The van der Waals surface area contributed by atoms with Gasteiger partial charge in [-0.25, -0.2) is 4.39 Å². The fraction of sp³-hybridized carbons (Fsp3) is 0. The van der Waals surface area contributed by atoms with E-state index in [1.165, 1.54) is 24.3 Å². The number of nitrogen functional groups attached to an aromatic ring is 1. The first-order chi connectivity index (χ1) is 9.54. The Bertz CT molecular complexity index is 826. The summed E-state index contributed by atoms with van der Waals surface area (Å²) in [5, 5.41) is 0.549. The standard InChI is InChI=1S/C15H9BrFNO2/c16-12-3-2-10(18)7-11(12)15(19)14-6-8-5-9(17)1-4-13(8)20-14/h1-7H,18H2. The van der Waals surface area contributed by atoms with E-state index in [4.69, 9.17) is 10.2 Å². The first-order valence-corrected chi connectivity index (χ1v) is 6.63. The molecule has 3 aromatic rings. The van der Waals surface area contributed by atoms with Crippen molar-refractivity contribution in [3.05, 3.63) is 64.1 Å². The molecule has 1 aromatic heterocycles. The van der Waals surface area contributed by atoms with Gasteiger partial charge in [0.1, 0.15) is 11.4 Å². The van der Waals surface area contributed by atoms with Gasteiger partial charge in [0, 0.05) is 21.1 Å². The van der Waals surface area contributed by atoms with Gasteiger partial charge in [-0.2, -0.15) is 0 Å². The van der Waals surface area contributed by atoms with E-state index in [0.717, 1.165) is 0 Å². The summed E-state index contributed by atoms with van der Waals surface area (Å²) in [4.78, 5) is 12.4. The first-order valence-electron chi connectivity index (χ1n) is 5.83. The molecule has 0 saturated heterocycles. The molecule has 0 spiro atoms. The highest BCUT2D eigenvalue weighted by Gasteiger charge is 2.17. The predicted molar refractivity (Wildman–Crippen MR) is 78.2 cm³/mol. The maximum absolute atomic E-state index is 13.1. The third-order valence-electron chi connectivity index (χ3n) is 2.94. The fourth-order valence-electron chi connectivity index (χ4n) is 1.98. The van der Waals surface area contributed by atoms with Gasteiger partial charge < -0.3 is 10.2 Å². The molecule has 1 heterocycles. The Morgan fingerprint density at radius 3 is 2.75 bits per heavy atom. The zero-order valence-electron chi connectivity index (χ0n) is 10.2. The quantitative estimate of drug-likeness (QED) is 0.566. The fourth-order valence-corrected chi connectivity index (χ4v) is 2.40. The first kappa shape index (κ1) is 12.9. The summed E-state index contributed by atoms with van der Waals surface area (Å²) in [5.41, 5.74) is 7.04. The van der Waals surface area contributed by atoms with Crippen LogP contribution in [0, 0.1) is 5.82 Å². The molecule has 0 fully saturated rings. The van der Waals surface area contributed by atoms with Gasteiger partial charge in [-0.15, -0.1) is 0 Å². The minimum absolute atomic E-state index is 0.150. The minimum atomic E-state index is -0.373. The molecular formula is C15H9BrFNO2. The number of anilines is 1. The molecule has 0 saturated carbocycles. The highest BCUT2D eigenvalue weighted by atomic mass is 79.9. The average molecular weight is 334 g/mol. The summed E-state index contributed by atoms with van der Waals surface area (Å²) < 4.78 is 19.2. The van der Waals surface area contributed by atoms with E-state index in [0.29, 0.717) is 26.7 Å². The van der Waals surface area contributed by atoms with Gasteiger partial charge in [0.15, 0.2) is 5.76 Å². The highest BCUT2D eigenvalue weighted by Crippen LogP contribution is 2.26. The molecule has 0 aliphatic rings. The van der Waals surface area contributed by atoms with E-state index < -0.39 is 0 Å². The molecule has 20 heavy (non-hydrogen) atoms. The minimum Gasteiger partial charge on any atom is -0.453 e. The monoisotopic (exact) mass is 333 g/mol. The van der Waals surface area contributed by atoms with E-state index in [-0.39, 0.29) is 17.4 Å². The van der Waals surface area contributed by atoms with Crippen LogP contribution in [0.5, 0.6) is 0 Å². The molecule has 0 radical (unpaired) electrons. The summed E-state index contributed by atoms with van der Waals surface area (Å²) in [6.07, 6.45) is 0. The van der Waals surface area contributed by atoms with Gasteiger partial charge in [-0.3, -0.25) is 4.79 Å². The zero-order valence-corrected chi connectivity index (χ0v) is 11.8. The van der Waals surface area contributed by atoms with E-state index in [1.54, 1.807) is 18.2 Å². The average Bonchev–Trinajstić information content (AvgIpc) is 2.83. The Balaban J connectivity index is 2.10. The number of nitrogens with two attached hydrogens (primary N) is 1. The molecule has 0 atom stereocenters. The molecule has 5 heteroatoms. The van der Waals surface area contributed by atoms with Gasteiger partial charge in [-0.1, -0.05) is 15.9 Å². The van der Waals surface area contributed by atoms with E-state index in [9.17, 15) is 9.18 Å². The van der Waals surface area contributed by atoms with Crippen LogP contribution in [0.4, 0.5) is 10.1 Å². The van der Waals surface area contributed by atoms with Crippen LogP contribution in [-0.4, -0.2) is 5.78 Å². The molecule has 2 N–H and O–H groups in total. The maximum Gasteiger partial charge on any atom is 0.229 e. The summed E-state index contributed by atoms with van der Waals surface area (Å²) in [5.74, 6) is -0.528. The van der Waals surface area contributed by atoms with Crippen molar-refractivity contribution in [2.75, 3.05) is 5.73 Å². The number of hydrogen-bond donors (Lipinski definition) is 1. The lowest BCUT2D eigenvalue weighted by molar-refractivity contribution is 0.101. The van der Waals surface area contributed by atoms with Crippen LogP contribution in [-0.2, 0) is 0 Å². The molecule has 0 amide bonds. The van der Waals surface area contributed by atoms with Crippen molar-refractivity contribution < 1.29 is 13.6 Å². The van der Waals surface area contributed by atoms with Crippen molar-refractivity contribution in [1.29, 1.82) is 0 Å². The third kappa shape index (κ3) is 2.20. The Morgan fingerprint density at radius 1 is 1.15 bits per heavy atom. The molecule has 100 valence electrons. The molecule has 0 aliphatic heterocycles. The summed E-state index contributed by atoms with van der Waals surface area (Å²) in [6, 6.07) is 10.6. The van der Waals surface area contributed by atoms with Gasteiger partial charge >= 0.3 is 0 Å². The Kier molecular flexibility index (Phi) is 3.06. The zero-order chi connectivity index (χ0) is 14.3. The van der Waals surface area contributed by atoms with Crippen molar-refractivity contribution in [1.82, 2.24) is 0 Å². The highest BCUT2D eigenvalue weighted by molar-refractivity contribution is 9.10. The molecular weight excluding hydrogens is 325 g/mol. The van der Waals surface area contributed by atoms with Gasteiger partial charge in [0.2, 0.25) is 5.78 Å². The Morgan fingerprint density at radius 2 is 1.95 bits per heavy atom. The molecule has 0 unspecified atom stereocenters. The van der Waals surface area contributed by atoms with Crippen molar-refractivity contribution in [2.45, 2.75) is 0 Å². The van der Waals surface area contributed by atoms with E-state index >= 15 is 0 Å². The van der Waals surface area contributed by atoms with E-state index in [2.05, 4.69) is 15.9 Å². The van der Waals surface area contributed by atoms with Crippen LogP contribution in [0.15, 0.2) is 51.4 Å². The lowest BCUT2D eigenvalue weighted by Gasteiger charge is -2.02. The normalized spacial score (nSPS) is 10.9. The van der Waals surface area contributed by atoms with Gasteiger partial charge in [0.25, 0.3) is 0 Å². The van der Waals surface area contributed by atoms with Crippen molar-refractivity contribution in [3.63, 3.8) is 0 Å². The second-order valence-corrected chi connectivity index (χ2v) is 5.22. The molecule has 0 aliphatic carbocycles. The maximum atomic E-state index is 13.1. The summed E-state index contributed by atoms with van der Waals surface area (Å²) in [7, 11) is 0. The molecule has 0 bridgehead atoms. The number of hydrogen-bond acceptors (Lipinski definition) is 3. The largest absolute Gasteiger partial charge is 0.453 e. The number of carbonyl (C=O) groups excluding carboxylic acids is 1. The van der Waals surface area contributed by atoms with Crippen molar-refractivity contribution in [3.8, 4) is 0 Å². The lowest BCUT2D eigenvalue weighted by Crippen LogP contribution is -2.01. The second-order valence-electron chi connectivity index (χ2n) is 4.36. The number of benzene rings is 2. The van der Waals surface area contributed by atoms with Crippen molar-refractivity contribution in [2.24, 2.45) is 0 Å². The number of ketones is 1. The smallest absolute Gasteiger partial charge is 0.229 e. The summed E-state index contributed by atoms with van der Waals surface area (Å²) in [6.45, 7) is 0. The Hall–Kier alpha value is -2.14. The number of rotatable bonds is 2. The molecule has 3 rings (SSSR count). The number of carbonyl (C=O) groups is 1. The van der Waals surface area contributed by atoms with Gasteiger partial charge in [-0.05, 0) is 42.5 Å². The number of furan rings is 1. The third-order valence-corrected chi connectivity index (χ3v) is 3.63. The predicted octanol–water partition coefficient (Wildman–Crippen LogP) is 4.15. The van der Waals surface area contributed by atoms with Crippen LogP contribution in [0.1, 0.15) is 16.1 Å². The SMILES string of the molecule is Nc1ccc(Br)c(C(=O)c2cc3cc(F)ccc3o2)c1. The molecule has 2 aromatic carbocycles. The number of halogens is 2. The Labute approximate surface area is 122 Å². The van der Waals surface area contributed by atoms with Crippen LogP contribution >= 0.6 is 15.9 Å². The van der Waals surface area contributed by atoms with Crippen LogP contribution in [0.2, 0.25) is 0 Å².